The van der Waals surface area contributed by atoms with Gasteiger partial charge in [-0.15, -0.1) is 0 Å². The van der Waals surface area contributed by atoms with Gasteiger partial charge in [-0.1, -0.05) is 18.5 Å². The smallest absolute Gasteiger partial charge is 0.375 e. The van der Waals surface area contributed by atoms with Crippen molar-refractivity contribution in [2.24, 2.45) is 0 Å². The maximum Gasteiger partial charge on any atom is 0.416 e. The molecular formula is C14H18ClF3N2O. The maximum atomic E-state index is 12.5. The maximum absolute atomic E-state index is 12.5. The third-order valence-electron chi connectivity index (χ3n) is 3.10. The molecule has 0 aliphatic rings. The van der Waals surface area contributed by atoms with Crippen LogP contribution in [-0.2, 0) is 11.0 Å². The van der Waals surface area contributed by atoms with Crippen LogP contribution in [0.4, 0.5) is 18.9 Å². The van der Waals surface area contributed by atoms with E-state index in [1.807, 2.05) is 20.8 Å². The average Bonchev–Trinajstić information content (AvgIpc) is 2.35. The molecule has 0 bridgehead atoms. The summed E-state index contributed by atoms with van der Waals surface area (Å²) in [4.78, 5) is 11.7. The Kier molecular flexibility index (Phi) is 5.50. The van der Waals surface area contributed by atoms with Crippen molar-refractivity contribution < 1.29 is 18.0 Å². The summed E-state index contributed by atoms with van der Waals surface area (Å²) in [6.45, 7) is 5.65. The highest BCUT2D eigenvalue weighted by atomic mass is 35.5. The van der Waals surface area contributed by atoms with Gasteiger partial charge in [0.25, 0.3) is 0 Å². The highest BCUT2D eigenvalue weighted by molar-refractivity contribution is 6.33. The zero-order valence-electron chi connectivity index (χ0n) is 12.1. The normalized spacial score (nSPS) is 12.1. The minimum Gasteiger partial charge on any atom is -0.375 e. The Morgan fingerprint density at radius 3 is 2.38 bits per heavy atom. The lowest BCUT2D eigenvalue weighted by Crippen LogP contribution is -2.45. The summed E-state index contributed by atoms with van der Waals surface area (Å²) in [6, 6.07) is 2.96. The molecule has 1 aromatic carbocycles. The van der Waals surface area contributed by atoms with Crippen molar-refractivity contribution in [3.05, 3.63) is 28.8 Å². The molecule has 7 heteroatoms. The number of amides is 1. The van der Waals surface area contributed by atoms with Crippen LogP contribution < -0.4 is 10.6 Å². The molecule has 0 aliphatic carbocycles. The van der Waals surface area contributed by atoms with Gasteiger partial charge in [-0.05, 0) is 38.5 Å². The molecule has 0 aromatic heterocycles. The molecule has 1 amide bonds. The summed E-state index contributed by atoms with van der Waals surface area (Å²) in [5.41, 5.74) is -0.869. The van der Waals surface area contributed by atoms with Gasteiger partial charge >= 0.3 is 6.18 Å². The number of carbonyl (C=O) groups excluding carboxylic acids is 1. The molecule has 0 aliphatic heterocycles. The van der Waals surface area contributed by atoms with Crippen molar-refractivity contribution in [2.75, 3.05) is 11.9 Å². The zero-order chi connectivity index (χ0) is 16.3. The Balaban J connectivity index is 2.67. The van der Waals surface area contributed by atoms with Gasteiger partial charge in [0.15, 0.2) is 0 Å². The molecule has 0 atom stereocenters. The van der Waals surface area contributed by atoms with E-state index in [4.69, 9.17) is 11.6 Å². The molecule has 0 saturated carbocycles. The first-order valence-electron chi connectivity index (χ1n) is 6.47. The molecule has 0 heterocycles. The van der Waals surface area contributed by atoms with Crippen molar-refractivity contribution in [3.63, 3.8) is 0 Å². The molecule has 0 saturated heterocycles. The lowest BCUT2D eigenvalue weighted by Gasteiger charge is -2.24. The van der Waals surface area contributed by atoms with Crippen LogP contribution in [0.5, 0.6) is 0 Å². The van der Waals surface area contributed by atoms with Gasteiger partial charge in [-0.3, -0.25) is 4.79 Å². The molecule has 1 aromatic rings. The molecule has 0 spiro atoms. The first kappa shape index (κ1) is 17.6. The third-order valence-corrected chi connectivity index (χ3v) is 3.41. The number of anilines is 1. The van der Waals surface area contributed by atoms with E-state index < -0.39 is 11.7 Å². The SMILES string of the molecule is CCC(C)(C)NC(=O)CNc1ccc(C(F)(F)F)cc1Cl. The quantitative estimate of drug-likeness (QED) is 0.857. The van der Waals surface area contributed by atoms with Crippen molar-refractivity contribution >= 4 is 23.2 Å². The van der Waals surface area contributed by atoms with E-state index in [9.17, 15) is 18.0 Å². The first-order valence-corrected chi connectivity index (χ1v) is 6.84. The summed E-state index contributed by atoms with van der Waals surface area (Å²) in [5, 5.41) is 5.46. The van der Waals surface area contributed by atoms with E-state index in [0.29, 0.717) is 0 Å². The predicted octanol–water partition coefficient (Wildman–Crippen LogP) is 4.08. The van der Waals surface area contributed by atoms with Crippen LogP contribution in [0.2, 0.25) is 5.02 Å². The van der Waals surface area contributed by atoms with E-state index in [0.717, 1.165) is 18.6 Å². The van der Waals surface area contributed by atoms with Gasteiger partial charge in [0.2, 0.25) is 5.91 Å². The molecule has 0 unspecified atom stereocenters. The van der Waals surface area contributed by atoms with Gasteiger partial charge in [-0.2, -0.15) is 13.2 Å². The van der Waals surface area contributed by atoms with Crippen LogP contribution in [0.3, 0.4) is 0 Å². The third kappa shape index (κ3) is 5.46. The van der Waals surface area contributed by atoms with Crippen LogP contribution in [0.1, 0.15) is 32.8 Å². The highest BCUT2D eigenvalue weighted by Crippen LogP contribution is 2.33. The second-order valence-corrected chi connectivity index (χ2v) is 5.74. The van der Waals surface area contributed by atoms with E-state index in [1.54, 1.807) is 0 Å². The van der Waals surface area contributed by atoms with Crippen molar-refractivity contribution in [1.82, 2.24) is 5.32 Å². The summed E-state index contributed by atoms with van der Waals surface area (Å²) in [5.74, 6) is -0.252. The fraction of sp³-hybridized carbons (Fsp3) is 0.500. The molecule has 21 heavy (non-hydrogen) atoms. The average molecular weight is 323 g/mol. The lowest BCUT2D eigenvalue weighted by molar-refractivity contribution is -0.137. The number of benzene rings is 1. The number of hydrogen-bond donors (Lipinski definition) is 2. The topological polar surface area (TPSA) is 41.1 Å². The Bertz CT molecular complexity index is 515. The van der Waals surface area contributed by atoms with E-state index in [2.05, 4.69) is 10.6 Å². The molecule has 0 radical (unpaired) electrons. The Hall–Kier alpha value is -1.43. The largest absolute Gasteiger partial charge is 0.416 e. The fourth-order valence-electron chi connectivity index (χ4n) is 1.52. The second-order valence-electron chi connectivity index (χ2n) is 5.33. The van der Waals surface area contributed by atoms with Crippen LogP contribution in [0.15, 0.2) is 18.2 Å². The van der Waals surface area contributed by atoms with Crippen LogP contribution >= 0.6 is 11.6 Å². The van der Waals surface area contributed by atoms with Crippen LogP contribution in [0, 0.1) is 0 Å². The molecule has 3 nitrogen and oxygen atoms in total. The fourth-order valence-corrected chi connectivity index (χ4v) is 1.77. The van der Waals surface area contributed by atoms with Gasteiger partial charge < -0.3 is 10.6 Å². The van der Waals surface area contributed by atoms with Gasteiger partial charge in [0.1, 0.15) is 0 Å². The van der Waals surface area contributed by atoms with Crippen molar-refractivity contribution in [1.29, 1.82) is 0 Å². The van der Waals surface area contributed by atoms with Gasteiger partial charge in [0, 0.05) is 5.54 Å². The minimum atomic E-state index is -4.44. The summed E-state index contributed by atoms with van der Waals surface area (Å²) in [7, 11) is 0. The standard InChI is InChI=1S/C14H18ClF3N2O/c1-4-13(2,3)20-12(21)8-19-11-6-5-9(7-10(11)15)14(16,17)18/h5-7,19H,4,8H2,1-3H3,(H,20,21). The summed E-state index contributed by atoms with van der Waals surface area (Å²) >= 11 is 5.79. The Morgan fingerprint density at radius 2 is 1.90 bits per heavy atom. The van der Waals surface area contributed by atoms with E-state index >= 15 is 0 Å². The number of nitrogens with one attached hydrogen (secondary N) is 2. The summed E-state index contributed by atoms with van der Waals surface area (Å²) < 4.78 is 37.5. The van der Waals surface area contributed by atoms with Crippen molar-refractivity contribution in [2.45, 2.75) is 38.9 Å². The molecular weight excluding hydrogens is 305 g/mol. The molecule has 2 N–H and O–H groups in total. The van der Waals surface area contributed by atoms with Crippen LogP contribution in [0.25, 0.3) is 0 Å². The first-order chi connectivity index (χ1) is 9.55. The summed E-state index contributed by atoms with van der Waals surface area (Å²) in [6.07, 6.45) is -3.68. The Morgan fingerprint density at radius 1 is 1.29 bits per heavy atom. The predicted molar refractivity (Wildman–Crippen MR) is 77.5 cm³/mol. The van der Waals surface area contributed by atoms with E-state index in [1.165, 1.54) is 6.07 Å². The lowest BCUT2D eigenvalue weighted by atomic mass is 10.0. The van der Waals surface area contributed by atoms with Gasteiger partial charge in [-0.25, -0.2) is 0 Å². The monoisotopic (exact) mass is 322 g/mol. The highest BCUT2D eigenvalue weighted by Gasteiger charge is 2.30. The Labute approximate surface area is 126 Å². The van der Waals surface area contributed by atoms with Crippen molar-refractivity contribution in [3.8, 4) is 0 Å². The van der Waals surface area contributed by atoms with E-state index in [-0.39, 0.29) is 28.7 Å². The number of halogens is 4. The molecule has 1 rings (SSSR count). The minimum absolute atomic E-state index is 0.0610. The number of carbonyl (C=O) groups is 1. The molecule has 0 fully saturated rings. The van der Waals surface area contributed by atoms with Gasteiger partial charge in [0.05, 0.1) is 22.8 Å². The number of hydrogen-bond acceptors (Lipinski definition) is 2. The van der Waals surface area contributed by atoms with Crippen LogP contribution in [-0.4, -0.2) is 18.0 Å². The number of rotatable bonds is 5. The molecule has 118 valence electrons. The number of alkyl halides is 3. The second kappa shape index (κ2) is 6.56. The zero-order valence-corrected chi connectivity index (χ0v) is 12.8.